The Balaban J connectivity index is 2.04. The Labute approximate surface area is 104 Å². The van der Waals surface area contributed by atoms with Crippen LogP contribution in [0.3, 0.4) is 0 Å². The van der Waals surface area contributed by atoms with Crippen molar-refractivity contribution < 1.29 is 9.13 Å². The molecule has 1 unspecified atom stereocenters. The molecule has 0 amide bonds. The van der Waals surface area contributed by atoms with Crippen LogP contribution in [0.5, 0.6) is 0 Å². The van der Waals surface area contributed by atoms with Crippen LogP contribution >= 0.6 is 11.3 Å². The molecule has 0 spiro atoms. The van der Waals surface area contributed by atoms with Crippen molar-refractivity contribution in [3.05, 3.63) is 24.0 Å². The van der Waals surface area contributed by atoms with Gasteiger partial charge < -0.3 is 10.1 Å². The third-order valence-corrected chi connectivity index (χ3v) is 3.34. The molecule has 0 fully saturated rings. The average molecular weight is 254 g/mol. The van der Waals surface area contributed by atoms with Gasteiger partial charge >= 0.3 is 0 Å². The van der Waals surface area contributed by atoms with Crippen LogP contribution in [0.25, 0.3) is 10.2 Å². The van der Waals surface area contributed by atoms with Crippen LogP contribution in [-0.2, 0) is 4.74 Å². The molecule has 1 heterocycles. The molecule has 3 nitrogen and oxygen atoms in total. The van der Waals surface area contributed by atoms with Crippen molar-refractivity contribution in [2.75, 3.05) is 18.5 Å². The van der Waals surface area contributed by atoms with E-state index in [1.165, 1.54) is 23.5 Å². The van der Waals surface area contributed by atoms with Gasteiger partial charge in [-0.3, -0.25) is 0 Å². The number of fused-ring (bicyclic) bond motifs is 1. The van der Waals surface area contributed by atoms with Crippen molar-refractivity contribution in [1.82, 2.24) is 4.98 Å². The van der Waals surface area contributed by atoms with Crippen LogP contribution in [0.4, 0.5) is 9.52 Å². The molecule has 2 aromatic rings. The molecule has 1 aromatic carbocycles. The summed E-state index contributed by atoms with van der Waals surface area (Å²) in [6.45, 7) is 5.38. The highest BCUT2D eigenvalue weighted by Crippen LogP contribution is 2.26. The van der Waals surface area contributed by atoms with Crippen LogP contribution in [0.1, 0.15) is 13.8 Å². The van der Waals surface area contributed by atoms with E-state index in [4.69, 9.17) is 4.74 Å². The number of rotatable bonds is 5. The molecule has 0 saturated heterocycles. The summed E-state index contributed by atoms with van der Waals surface area (Å²) in [5.41, 5.74) is 0.696. The van der Waals surface area contributed by atoms with Crippen LogP contribution < -0.4 is 5.32 Å². The first-order chi connectivity index (χ1) is 8.19. The summed E-state index contributed by atoms with van der Waals surface area (Å²) >= 11 is 1.52. The second-order valence-electron chi connectivity index (χ2n) is 3.78. The van der Waals surface area contributed by atoms with Crippen molar-refractivity contribution in [2.45, 2.75) is 20.0 Å². The lowest BCUT2D eigenvalue weighted by Gasteiger charge is -2.11. The van der Waals surface area contributed by atoms with Crippen LogP contribution in [0.2, 0.25) is 0 Å². The first-order valence-electron chi connectivity index (χ1n) is 5.60. The Kier molecular flexibility index (Phi) is 3.91. The Morgan fingerprint density at radius 2 is 2.35 bits per heavy atom. The predicted molar refractivity (Wildman–Crippen MR) is 69.2 cm³/mol. The number of ether oxygens (including phenoxy) is 1. The summed E-state index contributed by atoms with van der Waals surface area (Å²) in [6.07, 6.45) is 0.142. The van der Waals surface area contributed by atoms with Crippen molar-refractivity contribution in [3.8, 4) is 0 Å². The number of aromatic nitrogens is 1. The number of nitrogens with zero attached hydrogens (tertiary/aromatic N) is 1. The maximum absolute atomic E-state index is 13.0. The Morgan fingerprint density at radius 1 is 1.53 bits per heavy atom. The summed E-state index contributed by atoms with van der Waals surface area (Å²) < 4.78 is 19.4. The molecule has 5 heteroatoms. The number of anilines is 1. The van der Waals surface area contributed by atoms with Gasteiger partial charge in [0.15, 0.2) is 5.13 Å². The van der Waals surface area contributed by atoms with Gasteiger partial charge in [0.2, 0.25) is 0 Å². The molecule has 17 heavy (non-hydrogen) atoms. The molecule has 92 valence electrons. The molecule has 0 saturated carbocycles. The molecular formula is C12H15FN2OS. The van der Waals surface area contributed by atoms with E-state index in [-0.39, 0.29) is 11.9 Å². The van der Waals surface area contributed by atoms with E-state index in [2.05, 4.69) is 10.3 Å². The summed E-state index contributed by atoms with van der Waals surface area (Å²) in [6, 6.07) is 4.65. The SMILES string of the molecule is CCOC(C)CNc1nc2cc(F)ccc2s1. The van der Waals surface area contributed by atoms with E-state index in [1.807, 2.05) is 13.8 Å². The van der Waals surface area contributed by atoms with Crippen LogP contribution in [0.15, 0.2) is 18.2 Å². The molecular weight excluding hydrogens is 239 g/mol. The highest BCUT2D eigenvalue weighted by molar-refractivity contribution is 7.22. The number of hydrogen-bond acceptors (Lipinski definition) is 4. The van der Waals surface area contributed by atoms with E-state index in [1.54, 1.807) is 6.07 Å². The first-order valence-corrected chi connectivity index (χ1v) is 6.42. The van der Waals surface area contributed by atoms with Gasteiger partial charge in [0.05, 0.1) is 16.3 Å². The maximum atomic E-state index is 13.0. The standard InChI is InChI=1S/C12H15FN2OS/c1-3-16-8(2)7-14-12-15-10-6-9(13)4-5-11(10)17-12/h4-6,8H,3,7H2,1-2H3,(H,14,15). The largest absolute Gasteiger partial charge is 0.377 e. The molecule has 0 aliphatic carbocycles. The quantitative estimate of drug-likeness (QED) is 0.889. The fraction of sp³-hybridized carbons (Fsp3) is 0.417. The zero-order chi connectivity index (χ0) is 12.3. The van der Waals surface area contributed by atoms with Crippen LogP contribution in [-0.4, -0.2) is 24.2 Å². The number of nitrogens with one attached hydrogen (secondary N) is 1. The van der Waals surface area contributed by atoms with E-state index in [0.29, 0.717) is 18.7 Å². The van der Waals surface area contributed by atoms with Crippen molar-refractivity contribution in [2.24, 2.45) is 0 Å². The third kappa shape index (κ3) is 3.14. The monoisotopic (exact) mass is 254 g/mol. The van der Waals surface area contributed by atoms with Crippen LogP contribution in [0, 0.1) is 5.82 Å². The van der Waals surface area contributed by atoms with Gasteiger partial charge in [0, 0.05) is 19.2 Å². The fourth-order valence-corrected chi connectivity index (χ4v) is 2.40. The highest BCUT2D eigenvalue weighted by Gasteiger charge is 2.06. The van der Waals surface area contributed by atoms with Gasteiger partial charge in [-0.25, -0.2) is 9.37 Å². The zero-order valence-electron chi connectivity index (χ0n) is 9.87. The molecule has 0 bridgehead atoms. The molecule has 1 N–H and O–H groups in total. The smallest absolute Gasteiger partial charge is 0.183 e. The second kappa shape index (κ2) is 5.42. The summed E-state index contributed by atoms with van der Waals surface area (Å²) in [7, 11) is 0. The topological polar surface area (TPSA) is 34.1 Å². The van der Waals surface area contributed by atoms with Gasteiger partial charge in [-0.05, 0) is 26.0 Å². The molecule has 0 radical (unpaired) electrons. The first kappa shape index (κ1) is 12.3. The average Bonchev–Trinajstić information content (AvgIpc) is 2.68. The number of thiazole rings is 1. The van der Waals surface area contributed by atoms with Crippen molar-refractivity contribution >= 4 is 26.7 Å². The Hall–Kier alpha value is -1.20. The lowest BCUT2D eigenvalue weighted by atomic mass is 10.3. The molecule has 1 aromatic heterocycles. The number of hydrogen-bond donors (Lipinski definition) is 1. The van der Waals surface area contributed by atoms with Gasteiger partial charge in [-0.1, -0.05) is 11.3 Å². The second-order valence-corrected chi connectivity index (χ2v) is 4.81. The normalized spacial score (nSPS) is 12.9. The van der Waals surface area contributed by atoms with E-state index >= 15 is 0 Å². The summed E-state index contributed by atoms with van der Waals surface area (Å²) in [4.78, 5) is 4.32. The third-order valence-electron chi connectivity index (χ3n) is 2.34. The minimum absolute atomic E-state index is 0.142. The lowest BCUT2D eigenvalue weighted by Crippen LogP contribution is -2.19. The van der Waals surface area contributed by atoms with Crippen molar-refractivity contribution in [3.63, 3.8) is 0 Å². The molecule has 1 atom stereocenters. The lowest BCUT2D eigenvalue weighted by molar-refractivity contribution is 0.0855. The van der Waals surface area contributed by atoms with E-state index < -0.39 is 0 Å². The predicted octanol–water partition coefficient (Wildman–Crippen LogP) is 3.27. The Morgan fingerprint density at radius 3 is 3.12 bits per heavy atom. The zero-order valence-corrected chi connectivity index (χ0v) is 10.7. The van der Waals surface area contributed by atoms with Gasteiger partial charge in [0.25, 0.3) is 0 Å². The summed E-state index contributed by atoms with van der Waals surface area (Å²) in [5, 5.41) is 4.00. The Bertz CT molecular complexity index is 500. The fourth-order valence-electron chi connectivity index (χ4n) is 1.55. The molecule has 0 aliphatic rings. The maximum Gasteiger partial charge on any atom is 0.183 e. The minimum atomic E-state index is -0.253. The van der Waals surface area contributed by atoms with Gasteiger partial charge in [-0.15, -0.1) is 0 Å². The summed E-state index contributed by atoms with van der Waals surface area (Å²) in [5.74, 6) is -0.253. The highest BCUT2D eigenvalue weighted by atomic mass is 32.1. The molecule has 2 rings (SSSR count). The van der Waals surface area contributed by atoms with Crippen molar-refractivity contribution in [1.29, 1.82) is 0 Å². The molecule has 0 aliphatic heterocycles. The van der Waals surface area contributed by atoms with Gasteiger partial charge in [0.1, 0.15) is 5.82 Å². The minimum Gasteiger partial charge on any atom is -0.377 e. The number of benzene rings is 1. The number of halogens is 1. The van der Waals surface area contributed by atoms with E-state index in [0.717, 1.165) is 9.83 Å². The van der Waals surface area contributed by atoms with Gasteiger partial charge in [-0.2, -0.15) is 0 Å². The van der Waals surface area contributed by atoms with E-state index in [9.17, 15) is 4.39 Å².